The Labute approximate surface area is 194 Å². The molecule has 5 rings (SSSR count). The first-order chi connectivity index (χ1) is 13.6. The molecule has 0 fully saturated rings. The first-order valence-corrected chi connectivity index (χ1v) is 12.7. The summed E-state index contributed by atoms with van der Waals surface area (Å²) < 4.78 is 0. The van der Waals surface area contributed by atoms with Crippen LogP contribution < -0.4 is 0 Å². The second kappa shape index (κ2) is 7.89. The molecule has 0 aliphatic heterocycles. The van der Waals surface area contributed by atoms with Crippen LogP contribution in [-0.2, 0) is 25.8 Å². The smallest absolute Gasteiger partial charge is 0.00715 e. The molecule has 0 nitrogen and oxygen atoms in total. The van der Waals surface area contributed by atoms with E-state index in [-0.39, 0.29) is 25.8 Å². The third-order valence-electron chi connectivity index (χ3n) is 6.44. The van der Waals surface area contributed by atoms with Crippen molar-refractivity contribution in [3.63, 3.8) is 0 Å². The molecular weight excluding hydrogens is 531 g/mol. The van der Waals surface area contributed by atoms with Crippen LogP contribution in [-0.4, -0.2) is 13.6 Å². The Morgan fingerprint density at radius 1 is 0.862 bits per heavy atom. The van der Waals surface area contributed by atoms with Gasteiger partial charge >= 0.3 is 0 Å². The van der Waals surface area contributed by atoms with Crippen molar-refractivity contribution in [1.82, 2.24) is 0 Å². The summed E-state index contributed by atoms with van der Waals surface area (Å²) in [5.41, 5.74) is 11.2. The maximum atomic E-state index is 3.72. The molecule has 2 heteroatoms. The number of hydrogen-bond acceptors (Lipinski definition) is 0. The molecule has 0 saturated heterocycles. The molecule has 0 bridgehead atoms. The second-order valence-corrected chi connectivity index (χ2v) is 10.9. The molecule has 0 saturated carbocycles. The Hall–Kier alpha value is -1.64. The number of allylic oxidation sites excluding steroid dienone is 8. The maximum Gasteiger partial charge on any atom is 0.00715 e. The predicted molar refractivity (Wildman–Crippen MR) is 122 cm³/mol. The fourth-order valence-corrected chi connectivity index (χ4v) is 6.71. The van der Waals surface area contributed by atoms with E-state index in [0.717, 1.165) is 0 Å². The minimum atomic E-state index is -0.503. The van der Waals surface area contributed by atoms with Gasteiger partial charge < -0.3 is 0 Å². The number of fused-ring (bicyclic) bond motifs is 4. The van der Waals surface area contributed by atoms with E-state index in [1.54, 1.807) is 5.17 Å². The predicted octanol–water partition coefficient (Wildman–Crippen LogP) is 6.50. The summed E-state index contributed by atoms with van der Waals surface area (Å²) in [5.74, 6) is 0.765. The van der Waals surface area contributed by atoms with E-state index in [2.05, 4.69) is 99.8 Å². The van der Waals surface area contributed by atoms with Gasteiger partial charge in [0.05, 0.1) is 0 Å². The topological polar surface area (TPSA) is 0 Å². The van der Waals surface area contributed by atoms with Gasteiger partial charge in [-0.2, -0.15) is 11.1 Å². The zero-order chi connectivity index (χ0) is 19.4. The SMILES string of the molecule is CC1=[C-]C2=CC=CC(=[Si](C)C)C(C)C2=C1C1c2ccccc2-c2ccccc21.[Hf]. The van der Waals surface area contributed by atoms with Crippen molar-refractivity contribution in [2.24, 2.45) is 5.92 Å². The molecule has 3 aliphatic carbocycles. The van der Waals surface area contributed by atoms with Crippen LogP contribution in [0.4, 0.5) is 0 Å². The number of hydrogen-bond donors (Lipinski definition) is 0. The molecule has 0 N–H and O–H groups in total. The Kier molecular flexibility index (Phi) is 5.61. The van der Waals surface area contributed by atoms with Gasteiger partial charge in [0.1, 0.15) is 0 Å². The molecule has 0 radical (unpaired) electrons. The van der Waals surface area contributed by atoms with Crippen LogP contribution >= 0.6 is 0 Å². The van der Waals surface area contributed by atoms with Crippen LogP contribution in [0.25, 0.3) is 11.1 Å². The average molecular weight is 556 g/mol. The van der Waals surface area contributed by atoms with Gasteiger partial charge in [-0.25, -0.2) is 0 Å². The Morgan fingerprint density at radius 3 is 2.03 bits per heavy atom. The van der Waals surface area contributed by atoms with Crippen LogP contribution in [0.15, 0.2) is 89.1 Å². The normalized spacial score (nSPS) is 19.7. The minimum absolute atomic E-state index is 0. The third kappa shape index (κ3) is 3.16. The quantitative estimate of drug-likeness (QED) is 0.278. The van der Waals surface area contributed by atoms with Crippen molar-refractivity contribution in [3.8, 4) is 11.1 Å². The van der Waals surface area contributed by atoms with E-state index >= 15 is 0 Å². The summed E-state index contributed by atoms with van der Waals surface area (Å²) in [4.78, 5) is 0. The number of benzene rings is 2. The summed E-state index contributed by atoms with van der Waals surface area (Å²) in [7, 11) is -0.503. The third-order valence-corrected chi connectivity index (χ3v) is 8.20. The first-order valence-electron chi connectivity index (χ1n) is 10.2. The molecule has 0 amide bonds. The molecule has 2 aromatic carbocycles. The van der Waals surface area contributed by atoms with Crippen molar-refractivity contribution in [3.05, 3.63) is 106 Å². The van der Waals surface area contributed by atoms with Crippen LogP contribution in [0.1, 0.15) is 30.9 Å². The molecule has 29 heavy (non-hydrogen) atoms. The molecule has 0 aromatic heterocycles. The van der Waals surface area contributed by atoms with Crippen molar-refractivity contribution in [2.45, 2.75) is 32.9 Å². The summed E-state index contributed by atoms with van der Waals surface area (Å²) in [6.07, 6.45) is 10.6. The van der Waals surface area contributed by atoms with Gasteiger partial charge in [0.25, 0.3) is 0 Å². The van der Waals surface area contributed by atoms with Crippen LogP contribution in [0.2, 0.25) is 13.1 Å². The zero-order valence-electron chi connectivity index (χ0n) is 17.5. The Morgan fingerprint density at radius 2 is 1.45 bits per heavy atom. The van der Waals surface area contributed by atoms with Crippen molar-refractivity contribution in [2.75, 3.05) is 0 Å². The summed E-state index contributed by atoms with van der Waals surface area (Å²) in [6.45, 7) is 9.47. The van der Waals surface area contributed by atoms with E-state index in [1.807, 2.05) is 0 Å². The molecule has 3 aliphatic rings. The molecule has 0 spiro atoms. The maximum absolute atomic E-state index is 3.72. The van der Waals surface area contributed by atoms with Crippen LogP contribution in [0, 0.1) is 12.0 Å². The van der Waals surface area contributed by atoms with E-state index < -0.39 is 8.41 Å². The summed E-state index contributed by atoms with van der Waals surface area (Å²) >= 11 is 0. The van der Waals surface area contributed by atoms with E-state index in [9.17, 15) is 0 Å². The fourth-order valence-electron chi connectivity index (χ4n) is 5.27. The Balaban J connectivity index is 0.00000205. The molecule has 0 heterocycles. The molecule has 2 aromatic rings. The second-order valence-electron chi connectivity index (χ2n) is 8.30. The van der Waals surface area contributed by atoms with Crippen molar-refractivity contribution in [1.29, 1.82) is 0 Å². The van der Waals surface area contributed by atoms with Gasteiger partial charge in [0.2, 0.25) is 0 Å². The van der Waals surface area contributed by atoms with Crippen LogP contribution in [0.3, 0.4) is 0 Å². The standard InChI is InChI=1S/C27H25Si.Hf/c1-17-16-19-10-9-15-24(28(3)4)18(2)26(19)25(17)27-22-13-7-5-11-20(22)21-12-6-8-14-23(21)27;/h5-15,18,27H,1-4H3;/q-1;. The average Bonchev–Trinajstić information content (AvgIpc) is 3.13. The van der Waals surface area contributed by atoms with Gasteiger partial charge in [-0.1, -0.05) is 86.7 Å². The van der Waals surface area contributed by atoms with Crippen molar-refractivity contribution < 1.29 is 25.8 Å². The summed E-state index contributed by atoms with van der Waals surface area (Å²) in [6, 6.07) is 17.9. The first kappa shape index (κ1) is 20.6. The van der Waals surface area contributed by atoms with Gasteiger partial charge in [-0.05, 0) is 34.1 Å². The summed E-state index contributed by atoms with van der Waals surface area (Å²) in [5, 5.41) is 1.61. The van der Waals surface area contributed by atoms with Gasteiger partial charge in [-0.15, -0.1) is 29.4 Å². The van der Waals surface area contributed by atoms with Gasteiger partial charge in [0.15, 0.2) is 0 Å². The van der Waals surface area contributed by atoms with E-state index in [4.69, 9.17) is 0 Å². The zero-order valence-corrected chi connectivity index (χ0v) is 22.1. The van der Waals surface area contributed by atoms with E-state index in [1.165, 1.54) is 44.5 Å². The molecular formula is C27H25HfSi-. The molecule has 1 unspecified atom stereocenters. The molecule has 142 valence electrons. The minimum Gasteiger partial charge on any atom is -0.154 e. The monoisotopic (exact) mass is 557 g/mol. The largest absolute Gasteiger partial charge is 0.154 e. The molecule has 1 atom stereocenters. The van der Waals surface area contributed by atoms with Gasteiger partial charge in [0, 0.05) is 34.3 Å². The van der Waals surface area contributed by atoms with Crippen LogP contribution in [0.5, 0.6) is 0 Å². The number of rotatable bonds is 1. The van der Waals surface area contributed by atoms with Crippen molar-refractivity contribution >= 4 is 13.6 Å². The van der Waals surface area contributed by atoms with Gasteiger partial charge in [-0.3, -0.25) is 0 Å². The Bertz CT molecular complexity index is 1110. The fraction of sp³-hybridized carbons (Fsp3) is 0.222. The van der Waals surface area contributed by atoms with E-state index in [0.29, 0.717) is 11.8 Å².